The number of benzene rings is 1. The van der Waals surface area contributed by atoms with Crippen molar-refractivity contribution in [2.75, 3.05) is 19.0 Å². The molecule has 1 saturated carbocycles. The largest absolute Gasteiger partial charge is 0.508 e. The molecule has 32 heavy (non-hydrogen) atoms. The van der Waals surface area contributed by atoms with Crippen molar-refractivity contribution in [2.24, 2.45) is 23.5 Å². The van der Waals surface area contributed by atoms with Crippen LogP contribution in [0.1, 0.15) is 35.2 Å². The van der Waals surface area contributed by atoms with Crippen LogP contribution in [0.4, 0.5) is 5.69 Å². The smallest absolute Gasteiger partial charge is 0.255 e. The minimum atomic E-state index is -2.64. The van der Waals surface area contributed by atoms with E-state index in [0.717, 1.165) is 0 Å². The number of hydrogen-bond donors (Lipinski definition) is 6. The summed E-state index contributed by atoms with van der Waals surface area (Å²) in [5.74, 6) is -8.53. The highest BCUT2D eigenvalue weighted by Crippen LogP contribution is 2.56. The van der Waals surface area contributed by atoms with E-state index in [0.29, 0.717) is 11.3 Å². The lowest BCUT2D eigenvalue weighted by Crippen LogP contribution is -2.69. The van der Waals surface area contributed by atoms with Gasteiger partial charge in [-0.3, -0.25) is 14.4 Å². The number of aromatic hydroxyl groups is 1. The molecule has 10 heteroatoms. The van der Waals surface area contributed by atoms with E-state index in [9.17, 15) is 39.9 Å². The lowest BCUT2D eigenvalue weighted by molar-refractivity contribution is -0.209. The van der Waals surface area contributed by atoms with Crippen molar-refractivity contribution in [3.05, 3.63) is 34.6 Å². The molecule has 0 heterocycles. The number of ketones is 2. The summed E-state index contributed by atoms with van der Waals surface area (Å²) in [6.45, 7) is 1.72. The van der Waals surface area contributed by atoms with Gasteiger partial charge in [-0.15, -0.1) is 0 Å². The fourth-order valence-electron chi connectivity index (χ4n) is 5.82. The number of carbonyl (C=O) groups excluding carboxylic acids is 3. The van der Waals surface area contributed by atoms with Crippen LogP contribution in [0, 0.1) is 17.8 Å². The van der Waals surface area contributed by atoms with Gasteiger partial charge >= 0.3 is 0 Å². The highest BCUT2D eigenvalue weighted by molar-refractivity contribution is 6.20. The second-order valence-corrected chi connectivity index (χ2v) is 9.13. The Kier molecular flexibility index (Phi) is 4.89. The first-order valence-corrected chi connectivity index (χ1v) is 10.3. The van der Waals surface area contributed by atoms with Crippen molar-refractivity contribution in [2.45, 2.75) is 37.1 Å². The molecule has 1 fully saturated rings. The van der Waals surface area contributed by atoms with Gasteiger partial charge in [-0.1, -0.05) is 13.0 Å². The zero-order valence-corrected chi connectivity index (χ0v) is 17.8. The summed E-state index contributed by atoms with van der Waals surface area (Å²) >= 11 is 0. The zero-order chi connectivity index (χ0) is 23.9. The Hall–Kier alpha value is -2.95. The number of aliphatic hydroxyl groups excluding tert-OH is 3. The van der Waals surface area contributed by atoms with Crippen LogP contribution in [0.15, 0.2) is 23.5 Å². The second-order valence-electron chi connectivity index (χ2n) is 9.13. The number of hydrogen-bond acceptors (Lipinski definition) is 9. The first-order valence-electron chi connectivity index (χ1n) is 10.3. The van der Waals surface area contributed by atoms with Crippen LogP contribution in [0.25, 0.3) is 0 Å². The Bertz CT molecular complexity index is 1080. The fourth-order valence-corrected chi connectivity index (χ4v) is 5.82. The topological polar surface area (TPSA) is 182 Å². The van der Waals surface area contributed by atoms with Gasteiger partial charge in [0.1, 0.15) is 23.2 Å². The number of nitrogens with zero attached hydrogens (tertiary/aromatic N) is 1. The molecule has 0 radical (unpaired) electrons. The highest BCUT2D eigenvalue weighted by atomic mass is 16.4. The predicted octanol–water partition coefficient (Wildman–Crippen LogP) is -0.657. The van der Waals surface area contributed by atoms with Crippen molar-refractivity contribution in [1.82, 2.24) is 0 Å². The predicted molar refractivity (Wildman–Crippen MR) is 111 cm³/mol. The van der Waals surface area contributed by atoms with E-state index in [1.54, 1.807) is 38.1 Å². The molecule has 7 N–H and O–H groups in total. The third-order valence-corrected chi connectivity index (χ3v) is 7.41. The van der Waals surface area contributed by atoms with Crippen LogP contribution in [0.5, 0.6) is 5.75 Å². The van der Waals surface area contributed by atoms with Crippen LogP contribution in [-0.2, 0) is 9.59 Å². The third kappa shape index (κ3) is 2.60. The van der Waals surface area contributed by atoms with Gasteiger partial charge in [0.2, 0.25) is 0 Å². The monoisotopic (exact) mass is 446 g/mol. The van der Waals surface area contributed by atoms with Gasteiger partial charge in [-0.25, -0.2) is 0 Å². The molecular weight excluding hydrogens is 420 g/mol. The van der Waals surface area contributed by atoms with Crippen molar-refractivity contribution in [1.29, 1.82) is 0 Å². The molecule has 10 nitrogen and oxygen atoms in total. The fraction of sp³-hybridized carbons (Fsp3) is 0.500. The Morgan fingerprint density at radius 1 is 1.19 bits per heavy atom. The second kappa shape index (κ2) is 7.03. The molecule has 3 aliphatic rings. The summed E-state index contributed by atoms with van der Waals surface area (Å²) in [6, 6.07) is 3.30. The first kappa shape index (κ1) is 22.3. The van der Waals surface area contributed by atoms with Crippen LogP contribution in [-0.4, -0.2) is 74.9 Å². The summed E-state index contributed by atoms with van der Waals surface area (Å²) in [4.78, 5) is 39.3. The summed E-state index contributed by atoms with van der Waals surface area (Å²) < 4.78 is 0. The SMILES string of the molecule is C[C@@H]1c2ccc(N(C)C)c(O)c2C(=O)C2C1[C@H](O)C1CC(=O)C(C(N)=O)=C(O)C1(O)C2O. The van der Waals surface area contributed by atoms with Gasteiger partial charge in [0.25, 0.3) is 5.91 Å². The van der Waals surface area contributed by atoms with E-state index in [1.807, 2.05) is 0 Å². The molecule has 4 rings (SSSR count). The number of phenols is 1. The lowest BCUT2D eigenvalue weighted by atomic mass is 9.51. The number of amides is 1. The number of carbonyl (C=O) groups is 3. The van der Waals surface area contributed by atoms with E-state index < -0.39 is 76.7 Å². The summed E-state index contributed by atoms with van der Waals surface area (Å²) in [6.07, 6.45) is -3.98. The summed E-state index contributed by atoms with van der Waals surface area (Å²) in [7, 11) is 3.36. The van der Waals surface area contributed by atoms with Crippen LogP contribution >= 0.6 is 0 Å². The molecule has 5 unspecified atom stereocenters. The Labute approximate surface area is 183 Å². The quantitative estimate of drug-likeness (QED) is 0.321. The van der Waals surface area contributed by atoms with Crippen LogP contribution in [0.3, 0.4) is 0 Å². The molecule has 0 aromatic heterocycles. The van der Waals surface area contributed by atoms with Gasteiger partial charge in [0.05, 0.1) is 23.3 Å². The number of anilines is 1. The van der Waals surface area contributed by atoms with E-state index in [1.165, 1.54) is 0 Å². The van der Waals surface area contributed by atoms with Crippen molar-refractivity contribution in [3.63, 3.8) is 0 Å². The number of aliphatic hydroxyl groups is 4. The summed E-state index contributed by atoms with van der Waals surface area (Å²) in [5, 5.41) is 55.1. The van der Waals surface area contributed by atoms with Gasteiger partial charge < -0.3 is 36.2 Å². The van der Waals surface area contributed by atoms with Crippen LogP contribution in [0.2, 0.25) is 0 Å². The average Bonchev–Trinajstić information content (AvgIpc) is 2.70. The van der Waals surface area contributed by atoms with Crippen molar-refractivity contribution in [3.8, 4) is 5.75 Å². The molecule has 0 aliphatic heterocycles. The molecule has 172 valence electrons. The van der Waals surface area contributed by atoms with Gasteiger partial charge in [-0.05, 0) is 17.5 Å². The number of primary amides is 1. The van der Waals surface area contributed by atoms with Gasteiger partial charge in [-0.2, -0.15) is 0 Å². The molecule has 0 spiro atoms. The number of phenolic OH excluding ortho intramolecular Hbond substituents is 1. The maximum atomic E-state index is 13.5. The Morgan fingerprint density at radius 3 is 2.38 bits per heavy atom. The number of nitrogens with two attached hydrogens (primary N) is 1. The van der Waals surface area contributed by atoms with E-state index in [-0.39, 0.29) is 11.3 Å². The van der Waals surface area contributed by atoms with Gasteiger partial charge in [0.15, 0.2) is 17.2 Å². The molecular formula is C22H26N2O8. The minimum Gasteiger partial charge on any atom is -0.508 e. The minimum absolute atomic E-state index is 0.0382. The van der Waals surface area contributed by atoms with Crippen LogP contribution < -0.4 is 10.6 Å². The first-order chi connectivity index (χ1) is 14.8. The molecule has 1 aromatic rings. The maximum Gasteiger partial charge on any atom is 0.255 e. The number of rotatable bonds is 2. The van der Waals surface area contributed by atoms with Crippen molar-refractivity contribution >= 4 is 23.2 Å². The van der Waals surface area contributed by atoms with Crippen molar-refractivity contribution < 1.29 is 39.9 Å². The molecule has 0 bridgehead atoms. The number of Topliss-reactive ketones (excluding diaryl/α,β-unsaturated/α-hetero) is 2. The molecule has 0 saturated heterocycles. The normalized spacial score (nSPS) is 36.3. The zero-order valence-electron chi connectivity index (χ0n) is 17.8. The van der Waals surface area contributed by atoms with Gasteiger partial charge in [0, 0.05) is 32.4 Å². The molecule has 7 atom stereocenters. The third-order valence-electron chi connectivity index (χ3n) is 7.41. The standard InChI is InChI=1S/C22H26N2O8/c1-7-8-4-5-10(24(2)3)17(27)13(8)18(28)15-12(7)16(26)9-6-11(25)14(21(23)31)19(29)22(9,32)20(15)30/h4-5,7,9,12,15-16,20,26-27,29-30,32H,6H2,1-3H3,(H2,23,31)/t7-,9?,12?,15?,16-,20?,22?/m1/s1. The van der Waals surface area contributed by atoms with E-state index in [2.05, 4.69) is 0 Å². The Morgan fingerprint density at radius 2 is 1.81 bits per heavy atom. The summed E-state index contributed by atoms with van der Waals surface area (Å²) in [5.41, 5.74) is 2.48. The van der Waals surface area contributed by atoms with E-state index >= 15 is 0 Å². The van der Waals surface area contributed by atoms with E-state index in [4.69, 9.17) is 5.73 Å². The Balaban J connectivity index is 1.93. The maximum absolute atomic E-state index is 13.5. The molecule has 3 aliphatic carbocycles. The average molecular weight is 446 g/mol. The number of fused-ring (bicyclic) bond motifs is 3. The lowest BCUT2D eigenvalue weighted by Gasteiger charge is -2.56. The molecule has 1 aromatic carbocycles. The molecule has 1 amide bonds. The highest BCUT2D eigenvalue weighted by Gasteiger charge is 2.67.